The fourth-order valence-corrected chi connectivity index (χ4v) is 4.90. The summed E-state index contributed by atoms with van der Waals surface area (Å²) < 4.78 is 0. The highest BCUT2D eigenvalue weighted by molar-refractivity contribution is 8.00. The molecular weight excluding hydrogens is 450 g/mol. The normalized spacial score (nSPS) is 12.3. The molecule has 0 aliphatic carbocycles. The van der Waals surface area contributed by atoms with E-state index < -0.39 is 0 Å². The van der Waals surface area contributed by atoms with Crippen molar-refractivity contribution >= 4 is 45.7 Å². The Morgan fingerprint density at radius 3 is 2.24 bits per heavy atom. The van der Waals surface area contributed by atoms with Gasteiger partial charge in [-0.1, -0.05) is 50.6 Å². The number of hydrogen-bond acceptors (Lipinski definition) is 5. The van der Waals surface area contributed by atoms with Gasteiger partial charge in [-0.3, -0.25) is 9.59 Å². The maximum absolute atomic E-state index is 12.7. The van der Waals surface area contributed by atoms with Crippen LogP contribution in [0, 0.1) is 19.3 Å². The van der Waals surface area contributed by atoms with Crippen molar-refractivity contribution in [2.45, 2.75) is 58.1 Å². The van der Waals surface area contributed by atoms with Crippen LogP contribution in [0.15, 0.2) is 53.4 Å². The highest BCUT2D eigenvalue weighted by Crippen LogP contribution is 2.32. The molecule has 0 fully saturated rings. The van der Waals surface area contributed by atoms with Gasteiger partial charge in [0.2, 0.25) is 11.8 Å². The maximum Gasteiger partial charge on any atom is 0.239 e. The van der Waals surface area contributed by atoms with Gasteiger partial charge in [-0.2, -0.15) is 0 Å². The lowest BCUT2D eigenvalue weighted by Crippen LogP contribution is -2.22. The largest absolute Gasteiger partial charge is 0.326 e. The van der Waals surface area contributed by atoms with Crippen LogP contribution in [0.3, 0.4) is 0 Å². The molecule has 0 saturated carbocycles. The summed E-state index contributed by atoms with van der Waals surface area (Å²) in [6, 6.07) is 15.8. The number of thioether (sulfide) groups is 1. The third-order valence-electron chi connectivity index (χ3n) is 4.86. The number of hydrogen-bond donors (Lipinski definition) is 2. The molecule has 1 unspecified atom stereocenters. The van der Waals surface area contributed by atoms with Crippen LogP contribution < -0.4 is 10.6 Å². The predicted molar refractivity (Wildman–Crippen MR) is 140 cm³/mol. The molecule has 0 bridgehead atoms. The molecular formula is C26H31N3O2S2. The van der Waals surface area contributed by atoms with Gasteiger partial charge in [-0.15, -0.1) is 23.1 Å². The van der Waals surface area contributed by atoms with Gasteiger partial charge in [0.15, 0.2) is 5.13 Å². The summed E-state index contributed by atoms with van der Waals surface area (Å²) in [5.41, 5.74) is 3.85. The van der Waals surface area contributed by atoms with Crippen LogP contribution in [0.1, 0.15) is 44.6 Å². The van der Waals surface area contributed by atoms with Crippen LogP contribution in [0.25, 0.3) is 11.3 Å². The first-order valence-electron chi connectivity index (χ1n) is 10.9. The van der Waals surface area contributed by atoms with E-state index in [9.17, 15) is 9.59 Å². The van der Waals surface area contributed by atoms with Gasteiger partial charge in [0.25, 0.3) is 0 Å². The zero-order valence-electron chi connectivity index (χ0n) is 20.0. The lowest BCUT2D eigenvalue weighted by Gasteiger charge is -2.17. The Labute approximate surface area is 204 Å². The second-order valence-corrected chi connectivity index (χ2v) is 12.0. The number of nitrogens with one attached hydrogen (secondary N) is 2. The average molecular weight is 482 g/mol. The minimum atomic E-state index is -0.293. The standard InChI is InChI=1S/C26H31N3O2S2/c1-16-7-9-19(10-8-16)23-17(2)33-25(28-23)29-24(31)18(3)32-21-13-11-20(12-14-21)27-22(30)15-26(4,5)6/h7-14,18H,15H2,1-6H3,(H,27,30)(H,28,29,31). The van der Waals surface area contributed by atoms with Crippen molar-refractivity contribution in [2.24, 2.45) is 5.41 Å². The Hall–Kier alpha value is -2.64. The van der Waals surface area contributed by atoms with Gasteiger partial charge in [-0.25, -0.2) is 4.98 Å². The number of aromatic nitrogens is 1. The molecule has 0 radical (unpaired) electrons. The monoisotopic (exact) mass is 481 g/mol. The van der Waals surface area contributed by atoms with Gasteiger partial charge < -0.3 is 10.6 Å². The lowest BCUT2D eigenvalue weighted by molar-refractivity contribution is -0.118. The van der Waals surface area contributed by atoms with Crippen LogP contribution >= 0.6 is 23.1 Å². The second-order valence-electron chi connectivity index (χ2n) is 9.35. The van der Waals surface area contributed by atoms with Crippen molar-refractivity contribution in [2.75, 3.05) is 10.6 Å². The van der Waals surface area contributed by atoms with E-state index in [2.05, 4.69) is 46.8 Å². The molecule has 3 aromatic rings. The summed E-state index contributed by atoms with van der Waals surface area (Å²) in [6.07, 6.45) is 0.461. The minimum Gasteiger partial charge on any atom is -0.326 e. The molecule has 2 N–H and O–H groups in total. The van der Waals surface area contributed by atoms with Crippen molar-refractivity contribution in [3.63, 3.8) is 0 Å². The van der Waals surface area contributed by atoms with E-state index >= 15 is 0 Å². The number of carbonyl (C=O) groups is 2. The third-order valence-corrected chi connectivity index (χ3v) is 6.86. The van der Waals surface area contributed by atoms with Crippen molar-refractivity contribution in [1.82, 2.24) is 4.98 Å². The first-order valence-corrected chi connectivity index (χ1v) is 12.6. The molecule has 0 aliphatic heterocycles. The average Bonchev–Trinajstić information content (AvgIpc) is 3.08. The molecule has 0 saturated heterocycles. The molecule has 3 rings (SSSR count). The number of benzene rings is 2. The SMILES string of the molecule is Cc1ccc(-c2nc(NC(=O)C(C)Sc3ccc(NC(=O)CC(C)(C)C)cc3)sc2C)cc1. The summed E-state index contributed by atoms with van der Waals surface area (Å²) in [6.45, 7) is 12.1. The molecule has 7 heteroatoms. The predicted octanol–water partition coefficient (Wildman–Crippen LogP) is 6.92. The zero-order chi connectivity index (χ0) is 24.2. The molecule has 0 aliphatic rings. The molecule has 2 amide bonds. The molecule has 1 aromatic heterocycles. The summed E-state index contributed by atoms with van der Waals surface area (Å²) >= 11 is 2.95. The molecule has 5 nitrogen and oxygen atoms in total. The van der Waals surface area contributed by atoms with Gasteiger partial charge in [0, 0.05) is 27.4 Å². The van der Waals surface area contributed by atoms with E-state index in [4.69, 9.17) is 0 Å². The van der Waals surface area contributed by atoms with Crippen molar-refractivity contribution in [3.05, 3.63) is 59.0 Å². The minimum absolute atomic E-state index is 0.000559. The topological polar surface area (TPSA) is 71.1 Å². The van der Waals surface area contributed by atoms with Crippen molar-refractivity contribution in [1.29, 1.82) is 0 Å². The molecule has 1 atom stereocenters. The van der Waals surface area contributed by atoms with E-state index in [1.807, 2.05) is 58.9 Å². The Balaban J connectivity index is 1.57. The molecule has 174 valence electrons. The third kappa shape index (κ3) is 7.44. The maximum atomic E-state index is 12.7. The van der Waals surface area contributed by atoms with Crippen LogP contribution in [0.5, 0.6) is 0 Å². The van der Waals surface area contributed by atoms with E-state index in [0.717, 1.165) is 26.7 Å². The second kappa shape index (κ2) is 10.5. The summed E-state index contributed by atoms with van der Waals surface area (Å²) in [4.78, 5) is 31.5. The first-order chi connectivity index (χ1) is 15.5. The molecule has 2 aromatic carbocycles. The van der Waals surface area contributed by atoms with E-state index in [-0.39, 0.29) is 22.5 Å². The zero-order valence-corrected chi connectivity index (χ0v) is 21.6. The number of amides is 2. The molecule has 1 heterocycles. The van der Waals surface area contributed by atoms with Crippen LogP contribution in [0.4, 0.5) is 10.8 Å². The van der Waals surface area contributed by atoms with Gasteiger partial charge in [-0.05, 0) is 50.5 Å². The number of aryl methyl sites for hydroxylation is 2. The lowest BCUT2D eigenvalue weighted by atomic mass is 9.92. The van der Waals surface area contributed by atoms with Gasteiger partial charge in [0.05, 0.1) is 10.9 Å². The number of nitrogens with zero attached hydrogens (tertiary/aromatic N) is 1. The van der Waals surface area contributed by atoms with Crippen LogP contribution in [0.2, 0.25) is 0 Å². The number of rotatable bonds is 7. The quantitative estimate of drug-likeness (QED) is 0.359. The number of thiazole rings is 1. The van der Waals surface area contributed by atoms with E-state index in [1.165, 1.54) is 28.7 Å². The molecule has 33 heavy (non-hydrogen) atoms. The van der Waals surface area contributed by atoms with E-state index in [0.29, 0.717) is 11.6 Å². The summed E-state index contributed by atoms with van der Waals surface area (Å²) in [5.74, 6) is -0.0915. The highest BCUT2D eigenvalue weighted by atomic mass is 32.2. The van der Waals surface area contributed by atoms with Crippen LogP contribution in [-0.4, -0.2) is 22.0 Å². The number of carbonyl (C=O) groups excluding carboxylic acids is 2. The van der Waals surface area contributed by atoms with Crippen molar-refractivity contribution < 1.29 is 9.59 Å². The first kappa shape index (κ1) is 25.0. The number of anilines is 2. The van der Waals surface area contributed by atoms with E-state index in [1.54, 1.807) is 0 Å². The Kier molecular flexibility index (Phi) is 7.97. The smallest absolute Gasteiger partial charge is 0.239 e. The molecule has 0 spiro atoms. The van der Waals surface area contributed by atoms with Crippen molar-refractivity contribution in [3.8, 4) is 11.3 Å². The van der Waals surface area contributed by atoms with Gasteiger partial charge >= 0.3 is 0 Å². The Bertz CT molecular complexity index is 1110. The Morgan fingerprint density at radius 1 is 1.00 bits per heavy atom. The summed E-state index contributed by atoms with van der Waals surface area (Å²) in [7, 11) is 0. The van der Waals surface area contributed by atoms with Gasteiger partial charge in [0.1, 0.15) is 0 Å². The summed E-state index contributed by atoms with van der Waals surface area (Å²) in [5, 5.41) is 6.19. The van der Waals surface area contributed by atoms with Crippen LogP contribution in [-0.2, 0) is 9.59 Å². The highest BCUT2D eigenvalue weighted by Gasteiger charge is 2.19. The fraction of sp³-hybridized carbons (Fsp3) is 0.346. The Morgan fingerprint density at radius 2 is 1.64 bits per heavy atom. The fourth-order valence-electron chi connectivity index (χ4n) is 3.20.